The molecule has 37 heavy (non-hydrogen) atoms. The minimum atomic E-state index is -0.134. The Bertz CT molecular complexity index is 1260. The summed E-state index contributed by atoms with van der Waals surface area (Å²) < 4.78 is 13.2. The zero-order valence-corrected chi connectivity index (χ0v) is 21.5. The first-order chi connectivity index (χ1) is 18.2. The molecule has 8 heteroatoms. The number of hydrogen-bond acceptors (Lipinski definition) is 7. The van der Waals surface area contributed by atoms with Gasteiger partial charge in [-0.25, -0.2) is 4.68 Å². The van der Waals surface area contributed by atoms with E-state index < -0.39 is 0 Å². The fourth-order valence-corrected chi connectivity index (χ4v) is 5.01. The number of benzene rings is 3. The molecule has 0 aliphatic carbocycles. The molecule has 0 radical (unpaired) electrons. The molecule has 192 valence electrons. The van der Waals surface area contributed by atoms with E-state index in [4.69, 9.17) is 9.47 Å². The van der Waals surface area contributed by atoms with E-state index in [1.54, 1.807) is 14.2 Å². The van der Waals surface area contributed by atoms with Crippen LogP contribution in [-0.2, 0) is 19.5 Å². The van der Waals surface area contributed by atoms with Gasteiger partial charge >= 0.3 is 0 Å². The Labute approximate surface area is 218 Å². The van der Waals surface area contributed by atoms with Crippen LogP contribution in [0.3, 0.4) is 0 Å². The monoisotopic (exact) mass is 498 g/mol. The van der Waals surface area contributed by atoms with Crippen LogP contribution in [0.15, 0.2) is 78.9 Å². The third-order valence-corrected chi connectivity index (χ3v) is 7.02. The number of rotatable bonds is 10. The molecule has 8 nitrogen and oxygen atoms in total. The fraction of sp³-hybridized carbons (Fsp3) is 0.345. The van der Waals surface area contributed by atoms with Gasteiger partial charge in [0, 0.05) is 50.9 Å². The Balaban J connectivity index is 1.41. The van der Waals surface area contributed by atoms with Gasteiger partial charge in [-0.15, -0.1) is 5.10 Å². The number of aromatic nitrogens is 4. The van der Waals surface area contributed by atoms with Gasteiger partial charge in [0.05, 0.1) is 14.2 Å². The van der Waals surface area contributed by atoms with Crippen molar-refractivity contribution in [1.82, 2.24) is 30.0 Å². The van der Waals surface area contributed by atoms with Crippen molar-refractivity contribution >= 4 is 0 Å². The highest BCUT2D eigenvalue weighted by molar-refractivity contribution is 5.44. The zero-order valence-electron chi connectivity index (χ0n) is 21.5. The maximum Gasteiger partial charge on any atom is 0.173 e. The van der Waals surface area contributed by atoms with Crippen molar-refractivity contribution < 1.29 is 9.47 Å². The van der Waals surface area contributed by atoms with Crippen molar-refractivity contribution in [2.24, 2.45) is 0 Å². The highest BCUT2D eigenvalue weighted by Gasteiger charge is 2.32. The smallest absolute Gasteiger partial charge is 0.173 e. The van der Waals surface area contributed by atoms with Gasteiger partial charge in [0.25, 0.3) is 0 Å². The molecule has 1 aromatic heterocycles. The number of piperazine rings is 1. The van der Waals surface area contributed by atoms with E-state index in [0.717, 1.165) is 62.0 Å². The van der Waals surface area contributed by atoms with Crippen LogP contribution in [0.5, 0.6) is 11.5 Å². The molecule has 5 rings (SSSR count). The van der Waals surface area contributed by atoms with Crippen molar-refractivity contribution in [1.29, 1.82) is 0 Å². The number of methoxy groups -OCH3 is 2. The summed E-state index contributed by atoms with van der Waals surface area (Å²) in [6.45, 7) is 5.40. The number of tetrazole rings is 1. The normalized spacial score (nSPS) is 15.4. The molecule has 3 aromatic carbocycles. The van der Waals surface area contributed by atoms with Crippen molar-refractivity contribution in [3.63, 3.8) is 0 Å². The standard InChI is InChI=1S/C29H34N6O2/c1-36-25-13-14-26(27(21-25)37-2)28(29-30-31-32-35(29)16-15-23-9-5-3-6-10-23)34-19-17-33(18-20-34)22-24-11-7-4-8-12-24/h3-14,21,28H,15-20,22H2,1-2H3. The first-order valence-electron chi connectivity index (χ1n) is 12.8. The maximum absolute atomic E-state index is 5.83. The summed E-state index contributed by atoms with van der Waals surface area (Å²) in [4.78, 5) is 4.98. The Morgan fingerprint density at radius 2 is 1.51 bits per heavy atom. The molecule has 1 aliphatic heterocycles. The fourth-order valence-electron chi connectivity index (χ4n) is 5.01. The third-order valence-electron chi connectivity index (χ3n) is 7.02. The summed E-state index contributed by atoms with van der Waals surface area (Å²) in [5.41, 5.74) is 3.64. The largest absolute Gasteiger partial charge is 0.497 e. The second-order valence-electron chi connectivity index (χ2n) is 9.30. The predicted molar refractivity (Wildman–Crippen MR) is 143 cm³/mol. The van der Waals surface area contributed by atoms with Crippen LogP contribution in [0, 0.1) is 0 Å². The van der Waals surface area contributed by atoms with Crippen molar-refractivity contribution in [3.05, 3.63) is 101 Å². The summed E-state index contributed by atoms with van der Waals surface area (Å²) >= 11 is 0. The lowest BCUT2D eigenvalue weighted by Crippen LogP contribution is -2.48. The van der Waals surface area contributed by atoms with Crippen LogP contribution in [0.25, 0.3) is 0 Å². The van der Waals surface area contributed by atoms with E-state index in [0.29, 0.717) is 6.54 Å². The van der Waals surface area contributed by atoms with Crippen LogP contribution >= 0.6 is 0 Å². The number of hydrogen-bond donors (Lipinski definition) is 0. The average molecular weight is 499 g/mol. The topological polar surface area (TPSA) is 68.5 Å². The summed E-state index contributed by atoms with van der Waals surface area (Å²) in [6.07, 6.45) is 0.857. The van der Waals surface area contributed by atoms with Gasteiger partial charge in [-0.05, 0) is 40.1 Å². The predicted octanol–water partition coefficient (Wildman–Crippen LogP) is 3.84. The van der Waals surface area contributed by atoms with E-state index in [1.807, 2.05) is 22.9 Å². The second kappa shape index (κ2) is 12.0. The van der Waals surface area contributed by atoms with E-state index in [1.165, 1.54) is 11.1 Å². The van der Waals surface area contributed by atoms with E-state index >= 15 is 0 Å². The number of nitrogens with zero attached hydrogens (tertiary/aromatic N) is 6. The molecular formula is C29H34N6O2. The summed E-state index contributed by atoms with van der Waals surface area (Å²) in [6, 6.07) is 27.0. The number of aryl methyl sites for hydroxylation is 2. The summed E-state index contributed by atoms with van der Waals surface area (Å²) in [5, 5.41) is 13.0. The molecular weight excluding hydrogens is 464 g/mol. The van der Waals surface area contributed by atoms with Crippen LogP contribution in [0.1, 0.15) is 28.6 Å². The lowest BCUT2D eigenvalue weighted by molar-refractivity contribution is 0.0990. The molecule has 1 saturated heterocycles. The van der Waals surface area contributed by atoms with Crippen LogP contribution in [0.4, 0.5) is 0 Å². The van der Waals surface area contributed by atoms with Gasteiger partial charge in [0.2, 0.25) is 0 Å². The quantitative estimate of drug-likeness (QED) is 0.329. The van der Waals surface area contributed by atoms with Crippen LogP contribution < -0.4 is 9.47 Å². The molecule has 1 fully saturated rings. The van der Waals surface area contributed by atoms with Gasteiger partial charge < -0.3 is 9.47 Å². The molecule has 4 aromatic rings. The molecule has 0 bridgehead atoms. The molecule has 0 spiro atoms. The van der Waals surface area contributed by atoms with Gasteiger partial charge in [0.15, 0.2) is 5.82 Å². The number of ether oxygens (including phenoxy) is 2. The Hall–Kier alpha value is -3.75. The zero-order chi connectivity index (χ0) is 25.5. The Kier molecular flexibility index (Phi) is 8.08. The minimum absolute atomic E-state index is 0.134. The molecule has 0 N–H and O–H groups in total. The van der Waals surface area contributed by atoms with Gasteiger partial charge in [0.1, 0.15) is 17.5 Å². The SMILES string of the molecule is COc1ccc(C(c2nnnn2CCc2ccccc2)N2CCN(Cc3ccccc3)CC2)c(OC)c1. The summed E-state index contributed by atoms with van der Waals surface area (Å²) in [7, 11) is 3.37. The van der Waals surface area contributed by atoms with Crippen molar-refractivity contribution in [2.75, 3.05) is 40.4 Å². The minimum Gasteiger partial charge on any atom is -0.497 e. The van der Waals surface area contributed by atoms with E-state index in [-0.39, 0.29) is 6.04 Å². The van der Waals surface area contributed by atoms with Crippen LogP contribution in [0.2, 0.25) is 0 Å². The van der Waals surface area contributed by atoms with Gasteiger partial charge in [-0.3, -0.25) is 9.80 Å². The molecule has 1 aliphatic rings. The summed E-state index contributed by atoms with van der Waals surface area (Å²) in [5.74, 6) is 2.36. The third kappa shape index (κ3) is 5.98. The molecule has 2 heterocycles. The lowest BCUT2D eigenvalue weighted by Gasteiger charge is -2.39. The van der Waals surface area contributed by atoms with E-state index in [2.05, 4.69) is 86.0 Å². The maximum atomic E-state index is 5.83. The highest BCUT2D eigenvalue weighted by atomic mass is 16.5. The first kappa shape index (κ1) is 24.9. The average Bonchev–Trinajstić information content (AvgIpc) is 3.42. The first-order valence-corrected chi connectivity index (χ1v) is 12.8. The molecule has 1 unspecified atom stereocenters. The Morgan fingerprint density at radius 3 is 2.19 bits per heavy atom. The van der Waals surface area contributed by atoms with Crippen molar-refractivity contribution in [2.45, 2.75) is 25.6 Å². The van der Waals surface area contributed by atoms with E-state index in [9.17, 15) is 0 Å². The molecule has 1 atom stereocenters. The Morgan fingerprint density at radius 1 is 0.811 bits per heavy atom. The second-order valence-corrected chi connectivity index (χ2v) is 9.30. The van der Waals surface area contributed by atoms with Gasteiger partial charge in [-0.2, -0.15) is 0 Å². The molecule has 0 saturated carbocycles. The highest BCUT2D eigenvalue weighted by Crippen LogP contribution is 2.36. The van der Waals surface area contributed by atoms with Crippen LogP contribution in [-0.4, -0.2) is 70.4 Å². The van der Waals surface area contributed by atoms with Gasteiger partial charge in [-0.1, -0.05) is 60.7 Å². The molecule has 0 amide bonds. The van der Waals surface area contributed by atoms with Crippen molar-refractivity contribution in [3.8, 4) is 11.5 Å². The lowest BCUT2D eigenvalue weighted by atomic mass is 10.0.